The van der Waals surface area contributed by atoms with Gasteiger partial charge in [-0.2, -0.15) is 5.10 Å². The van der Waals surface area contributed by atoms with Crippen molar-refractivity contribution in [1.82, 2.24) is 14.7 Å². The van der Waals surface area contributed by atoms with E-state index in [0.717, 1.165) is 73.5 Å². The van der Waals surface area contributed by atoms with Crippen LogP contribution in [0.5, 0.6) is 0 Å². The van der Waals surface area contributed by atoms with Crippen molar-refractivity contribution in [2.45, 2.75) is 137 Å². The Labute approximate surface area is 288 Å². The van der Waals surface area contributed by atoms with E-state index in [1.54, 1.807) is 13.1 Å². The third-order valence-electron chi connectivity index (χ3n) is 12.8. The van der Waals surface area contributed by atoms with E-state index in [1.807, 2.05) is 30.7 Å². The lowest BCUT2D eigenvalue weighted by molar-refractivity contribution is -0.127. The number of benzene rings is 1. The van der Waals surface area contributed by atoms with E-state index in [-0.39, 0.29) is 29.2 Å². The van der Waals surface area contributed by atoms with Gasteiger partial charge < -0.3 is 9.33 Å². The van der Waals surface area contributed by atoms with Gasteiger partial charge in [0.05, 0.1) is 30.5 Å². The summed E-state index contributed by atoms with van der Waals surface area (Å²) in [6.07, 6.45) is 6.82. The Morgan fingerprint density at radius 3 is 2.07 bits per heavy atom. The molecular weight excluding hydrogens is 633 g/mol. The fourth-order valence-corrected chi connectivity index (χ4v) is 12.4. The molecule has 9 heteroatoms. The second-order valence-corrected chi connectivity index (χ2v) is 21.1. The largest absolute Gasteiger partial charge is 0.408 e. The molecule has 0 bridgehead atoms. The van der Waals surface area contributed by atoms with E-state index in [4.69, 9.17) is 32.7 Å². The van der Waals surface area contributed by atoms with Crippen LogP contribution in [0.2, 0.25) is 28.2 Å². The standard InChI is InChI=1S/C37H55Cl2N3O3Si/c1-10-46(11-2,12-3)45-33(34-31(38)17-23(4)18-32(34)39)22-41(27-19-29-30(20-27)36(29,7)8)35(44)28-21-40-42(24(28)5)26-13-15-37(9,16-14-26)25(6)43/h17-18,21,26-27,29-30,33H,10-16,19-20,22H2,1-9H3/t26-,27-,29+,30-,33?,37-. The molecule has 3 aliphatic rings. The number of aromatic nitrogens is 2. The van der Waals surface area contributed by atoms with Crippen LogP contribution < -0.4 is 0 Å². The van der Waals surface area contributed by atoms with Crippen LogP contribution in [0.1, 0.15) is 126 Å². The molecule has 4 atom stereocenters. The smallest absolute Gasteiger partial charge is 0.257 e. The van der Waals surface area contributed by atoms with Crippen molar-refractivity contribution in [2.24, 2.45) is 22.7 Å². The number of amides is 1. The van der Waals surface area contributed by atoms with E-state index in [2.05, 4.69) is 46.4 Å². The predicted molar refractivity (Wildman–Crippen MR) is 190 cm³/mol. The van der Waals surface area contributed by atoms with Gasteiger partial charge in [-0.25, -0.2) is 0 Å². The van der Waals surface area contributed by atoms with E-state index in [9.17, 15) is 9.59 Å². The molecule has 1 unspecified atom stereocenters. The second-order valence-electron chi connectivity index (χ2n) is 15.5. The van der Waals surface area contributed by atoms with E-state index >= 15 is 0 Å². The van der Waals surface area contributed by atoms with Crippen molar-refractivity contribution in [1.29, 1.82) is 0 Å². The summed E-state index contributed by atoms with van der Waals surface area (Å²) in [6, 6.07) is 7.20. The van der Waals surface area contributed by atoms with Gasteiger partial charge in [0.1, 0.15) is 5.78 Å². The molecule has 2 aromatic rings. The summed E-state index contributed by atoms with van der Waals surface area (Å²) in [6.45, 7) is 19.6. The first-order valence-corrected chi connectivity index (χ1v) is 20.9. The molecule has 3 saturated carbocycles. The Hall–Kier alpha value is -1.67. The topological polar surface area (TPSA) is 64.4 Å². The van der Waals surface area contributed by atoms with Gasteiger partial charge in [-0.3, -0.25) is 14.3 Å². The monoisotopic (exact) mass is 687 g/mol. The highest BCUT2D eigenvalue weighted by atomic mass is 35.5. The van der Waals surface area contributed by atoms with Crippen LogP contribution in [0.4, 0.5) is 0 Å². The molecule has 6 nitrogen and oxygen atoms in total. The van der Waals surface area contributed by atoms with Crippen molar-refractivity contribution in [3.8, 4) is 0 Å². The molecule has 46 heavy (non-hydrogen) atoms. The quantitative estimate of drug-likeness (QED) is 0.208. The molecule has 1 aromatic heterocycles. The Morgan fingerprint density at radius 2 is 1.57 bits per heavy atom. The van der Waals surface area contributed by atoms with E-state index < -0.39 is 14.4 Å². The number of carbonyl (C=O) groups is 2. The molecule has 1 heterocycles. The van der Waals surface area contributed by atoms with Crippen molar-refractivity contribution in [3.05, 3.63) is 50.8 Å². The number of carbonyl (C=O) groups excluding carboxylic acids is 2. The maximum absolute atomic E-state index is 14.8. The Bertz CT molecular complexity index is 1410. The van der Waals surface area contributed by atoms with Crippen molar-refractivity contribution >= 4 is 43.2 Å². The van der Waals surface area contributed by atoms with Crippen molar-refractivity contribution < 1.29 is 14.0 Å². The van der Waals surface area contributed by atoms with Gasteiger partial charge in [0.15, 0.2) is 8.32 Å². The summed E-state index contributed by atoms with van der Waals surface area (Å²) < 4.78 is 9.27. The lowest BCUT2D eigenvalue weighted by atomic mass is 9.71. The molecular formula is C37H55Cl2N3O3Si. The van der Waals surface area contributed by atoms with Gasteiger partial charge in [-0.1, -0.05) is 64.7 Å². The third kappa shape index (κ3) is 6.52. The zero-order valence-corrected chi connectivity index (χ0v) is 32.0. The molecule has 5 rings (SSSR count). The van der Waals surface area contributed by atoms with Crippen molar-refractivity contribution in [2.75, 3.05) is 6.54 Å². The normalized spacial score (nSPS) is 27.7. The van der Waals surface area contributed by atoms with Crippen LogP contribution in [0, 0.1) is 36.5 Å². The Kier molecular flexibility index (Phi) is 10.3. The number of aryl methyl sites for hydroxylation is 1. The molecule has 1 amide bonds. The van der Waals surface area contributed by atoms with Crippen LogP contribution in [0.25, 0.3) is 0 Å². The van der Waals surface area contributed by atoms with Gasteiger partial charge >= 0.3 is 0 Å². The SMILES string of the molecule is CC[Si](CC)(CC)OC(CN(C(=O)c1cnn([C@H]2CC[C@](C)(C(C)=O)CC2)c1C)[C@H]1C[C@@H]2[C@H](C1)C2(C)C)c1c(Cl)cc(C)cc1Cl. The summed E-state index contributed by atoms with van der Waals surface area (Å²) in [7, 11) is -2.12. The summed E-state index contributed by atoms with van der Waals surface area (Å²) >= 11 is 13.9. The minimum Gasteiger partial charge on any atom is -0.408 e. The highest BCUT2D eigenvalue weighted by Crippen LogP contribution is 2.67. The molecule has 0 spiro atoms. The first kappa shape index (κ1) is 35.6. The molecule has 0 N–H and O–H groups in total. The minimum absolute atomic E-state index is 0.0157. The number of nitrogens with zero attached hydrogens (tertiary/aromatic N) is 3. The summed E-state index contributed by atoms with van der Waals surface area (Å²) in [5, 5.41) is 6.00. The summed E-state index contributed by atoms with van der Waals surface area (Å²) in [5.41, 5.74) is 3.44. The molecule has 1 aromatic carbocycles. The van der Waals surface area contributed by atoms with Crippen LogP contribution in [0.15, 0.2) is 18.3 Å². The molecule has 3 fully saturated rings. The molecule has 254 valence electrons. The molecule has 0 radical (unpaired) electrons. The molecule has 0 saturated heterocycles. The first-order chi connectivity index (χ1) is 21.6. The molecule has 0 aliphatic heterocycles. The van der Waals surface area contributed by atoms with E-state index in [0.29, 0.717) is 39.4 Å². The number of halogens is 2. The maximum Gasteiger partial charge on any atom is 0.257 e. The van der Waals surface area contributed by atoms with Crippen LogP contribution in [0.3, 0.4) is 0 Å². The van der Waals surface area contributed by atoms with Crippen LogP contribution in [-0.2, 0) is 9.22 Å². The fourth-order valence-electron chi connectivity index (χ4n) is 8.81. The Balaban J connectivity index is 1.50. The number of rotatable bonds is 12. The Morgan fingerprint density at radius 1 is 1.02 bits per heavy atom. The number of hydrogen-bond donors (Lipinski definition) is 0. The average molecular weight is 689 g/mol. The number of hydrogen-bond acceptors (Lipinski definition) is 4. The van der Waals surface area contributed by atoms with Crippen LogP contribution >= 0.6 is 23.2 Å². The highest BCUT2D eigenvalue weighted by molar-refractivity contribution is 6.73. The molecule has 3 aliphatic carbocycles. The van der Waals surface area contributed by atoms with E-state index in [1.165, 1.54) is 0 Å². The van der Waals surface area contributed by atoms with Gasteiger partial charge in [0, 0.05) is 32.8 Å². The lowest BCUT2D eigenvalue weighted by Gasteiger charge is -2.39. The van der Waals surface area contributed by atoms with Crippen LogP contribution in [-0.4, -0.2) is 47.3 Å². The second kappa shape index (κ2) is 13.3. The number of Topliss-reactive ketones (excluding diaryl/α,β-unsaturated/α-hetero) is 1. The summed E-state index contributed by atoms with van der Waals surface area (Å²) in [5.74, 6) is 1.55. The highest BCUT2D eigenvalue weighted by Gasteiger charge is 2.63. The lowest BCUT2D eigenvalue weighted by Crippen LogP contribution is -2.46. The first-order valence-electron chi connectivity index (χ1n) is 17.6. The minimum atomic E-state index is -2.12. The average Bonchev–Trinajstić information content (AvgIpc) is 3.37. The zero-order valence-electron chi connectivity index (χ0n) is 29.5. The maximum atomic E-state index is 14.8. The summed E-state index contributed by atoms with van der Waals surface area (Å²) in [4.78, 5) is 29.2. The number of ketones is 1. The van der Waals surface area contributed by atoms with Gasteiger partial charge in [0.25, 0.3) is 5.91 Å². The third-order valence-corrected chi connectivity index (χ3v) is 18.1. The van der Waals surface area contributed by atoms with Gasteiger partial charge in [0.2, 0.25) is 0 Å². The fraction of sp³-hybridized carbons (Fsp3) is 0.703. The predicted octanol–water partition coefficient (Wildman–Crippen LogP) is 10.2. The zero-order chi connectivity index (χ0) is 33.8. The van der Waals surface area contributed by atoms with Gasteiger partial charge in [-0.05, 0) is 112 Å². The number of fused-ring (bicyclic) bond motifs is 1. The van der Waals surface area contributed by atoms with Crippen molar-refractivity contribution in [3.63, 3.8) is 0 Å². The van der Waals surface area contributed by atoms with Gasteiger partial charge in [-0.15, -0.1) is 0 Å².